The summed E-state index contributed by atoms with van der Waals surface area (Å²) in [6.07, 6.45) is -1.40. The van der Waals surface area contributed by atoms with E-state index in [4.69, 9.17) is 10.5 Å². The number of nitrogens with one attached hydrogen (secondary N) is 4. The van der Waals surface area contributed by atoms with E-state index in [1.54, 1.807) is 0 Å². The number of amides is 4. The third kappa shape index (κ3) is 5.48. The Labute approximate surface area is 197 Å². The van der Waals surface area contributed by atoms with E-state index in [1.165, 1.54) is 16.8 Å². The van der Waals surface area contributed by atoms with Gasteiger partial charge in [-0.1, -0.05) is 0 Å². The molecular formula is C19H24F2N10O4. The molecule has 0 saturated carbocycles. The lowest BCUT2D eigenvalue weighted by atomic mass is 10.2. The standard InChI is InChI=1S/C19H24F2N10O4/c1-10(32)23-8-12-9-30(19(34)35-12)11-6-13(20)15(14(21)7-11)29-3-2-24-31(5-4-29)18(33)26-17-25-16(22)27-28-17/h6-7,12,24H,2-5,8-9H2,1H3,(H,23,32)(H4,22,25,26,27,28,33)/t12-/m0/s1. The Balaban J connectivity index is 1.41. The van der Waals surface area contributed by atoms with Crippen LogP contribution in [0.3, 0.4) is 0 Å². The van der Waals surface area contributed by atoms with Crippen molar-refractivity contribution < 1.29 is 27.9 Å². The van der Waals surface area contributed by atoms with Crippen LogP contribution < -0.4 is 31.6 Å². The van der Waals surface area contributed by atoms with Gasteiger partial charge in [-0.25, -0.2) is 28.9 Å². The van der Waals surface area contributed by atoms with Crippen molar-refractivity contribution in [1.82, 2.24) is 30.9 Å². The molecule has 0 unspecified atom stereocenters. The molecule has 0 bridgehead atoms. The molecule has 35 heavy (non-hydrogen) atoms. The fraction of sp³-hybridized carbons (Fsp3) is 0.421. The number of nitrogen functional groups attached to an aromatic ring is 1. The van der Waals surface area contributed by atoms with E-state index in [-0.39, 0.29) is 68.4 Å². The van der Waals surface area contributed by atoms with Crippen LogP contribution in [0.2, 0.25) is 0 Å². The number of H-pyrrole nitrogens is 1. The minimum atomic E-state index is -0.868. The first kappa shape index (κ1) is 23.9. The lowest BCUT2D eigenvalue weighted by Crippen LogP contribution is -2.46. The van der Waals surface area contributed by atoms with Crippen molar-refractivity contribution >= 4 is 41.3 Å². The Hall–Kier alpha value is -4.21. The van der Waals surface area contributed by atoms with Crippen molar-refractivity contribution in [2.45, 2.75) is 13.0 Å². The molecule has 2 aromatic rings. The maximum Gasteiger partial charge on any atom is 0.414 e. The van der Waals surface area contributed by atoms with Gasteiger partial charge in [0, 0.05) is 38.7 Å². The number of cyclic esters (lactones) is 1. The smallest absolute Gasteiger partial charge is 0.414 e. The number of nitrogens with two attached hydrogens (primary N) is 1. The van der Waals surface area contributed by atoms with E-state index < -0.39 is 29.9 Å². The number of urea groups is 1. The second-order valence-electron chi connectivity index (χ2n) is 7.83. The molecular weight excluding hydrogens is 470 g/mol. The summed E-state index contributed by atoms with van der Waals surface area (Å²) in [6.45, 7) is 2.09. The summed E-state index contributed by atoms with van der Waals surface area (Å²) < 4.78 is 35.2. The van der Waals surface area contributed by atoms with Gasteiger partial charge >= 0.3 is 12.1 Å². The first-order valence-corrected chi connectivity index (χ1v) is 10.7. The summed E-state index contributed by atoms with van der Waals surface area (Å²) in [6, 6.07) is 1.54. The minimum Gasteiger partial charge on any atom is -0.442 e. The van der Waals surface area contributed by atoms with E-state index in [1.807, 2.05) is 0 Å². The zero-order valence-electron chi connectivity index (χ0n) is 18.7. The first-order chi connectivity index (χ1) is 16.7. The highest BCUT2D eigenvalue weighted by molar-refractivity contribution is 5.90. The number of aromatic nitrogens is 3. The number of carbonyl (C=O) groups excluding carboxylic acids is 3. The highest BCUT2D eigenvalue weighted by Crippen LogP contribution is 2.31. The van der Waals surface area contributed by atoms with Gasteiger partial charge in [0.05, 0.1) is 25.3 Å². The number of ether oxygens (including phenoxy) is 1. The Kier molecular flexibility index (Phi) is 6.81. The van der Waals surface area contributed by atoms with E-state index in [0.717, 1.165) is 17.0 Å². The number of nitrogens with zero attached hydrogens (tertiary/aromatic N) is 5. The van der Waals surface area contributed by atoms with E-state index in [0.29, 0.717) is 0 Å². The maximum absolute atomic E-state index is 15.0. The van der Waals surface area contributed by atoms with Crippen LogP contribution in [0.5, 0.6) is 0 Å². The second kappa shape index (κ2) is 9.96. The number of hydrazine groups is 1. The van der Waals surface area contributed by atoms with E-state index in [9.17, 15) is 14.4 Å². The zero-order chi connectivity index (χ0) is 25.1. The molecule has 16 heteroatoms. The number of aromatic amines is 1. The average Bonchev–Trinajstić information content (AvgIpc) is 3.28. The molecule has 0 aliphatic carbocycles. The van der Waals surface area contributed by atoms with Crippen LogP contribution in [0.25, 0.3) is 0 Å². The SMILES string of the molecule is CC(=O)NC[C@H]1CN(c2cc(F)c(N3CCNN(C(=O)Nc4n[nH]c(N)n4)CC3)c(F)c2)C(=O)O1. The third-order valence-electron chi connectivity index (χ3n) is 5.33. The van der Waals surface area contributed by atoms with Crippen molar-refractivity contribution in [3.8, 4) is 0 Å². The van der Waals surface area contributed by atoms with Gasteiger partial charge in [0.25, 0.3) is 5.95 Å². The maximum atomic E-state index is 15.0. The fourth-order valence-electron chi connectivity index (χ4n) is 3.73. The van der Waals surface area contributed by atoms with Crippen molar-refractivity contribution in [3.05, 3.63) is 23.8 Å². The van der Waals surface area contributed by atoms with Gasteiger partial charge in [-0.05, 0) is 0 Å². The highest BCUT2D eigenvalue weighted by Gasteiger charge is 2.34. The summed E-state index contributed by atoms with van der Waals surface area (Å²) in [5.41, 5.74) is 8.02. The van der Waals surface area contributed by atoms with Crippen LogP contribution in [0.15, 0.2) is 12.1 Å². The Morgan fingerprint density at radius 1 is 1.26 bits per heavy atom. The van der Waals surface area contributed by atoms with Crippen LogP contribution in [-0.4, -0.2) is 83.6 Å². The molecule has 6 N–H and O–H groups in total. The van der Waals surface area contributed by atoms with Crippen LogP contribution >= 0.6 is 0 Å². The molecule has 14 nitrogen and oxygen atoms in total. The van der Waals surface area contributed by atoms with E-state index in [2.05, 4.69) is 31.2 Å². The van der Waals surface area contributed by atoms with Crippen molar-refractivity contribution in [2.24, 2.45) is 0 Å². The van der Waals surface area contributed by atoms with Crippen LogP contribution in [0, 0.1) is 11.6 Å². The van der Waals surface area contributed by atoms with Gasteiger partial charge in [0.2, 0.25) is 11.9 Å². The molecule has 1 aromatic heterocycles. The van der Waals surface area contributed by atoms with Gasteiger partial charge < -0.3 is 20.7 Å². The second-order valence-corrected chi connectivity index (χ2v) is 7.83. The van der Waals surface area contributed by atoms with Crippen molar-refractivity contribution in [1.29, 1.82) is 0 Å². The number of carbonyl (C=O) groups is 3. The molecule has 1 aromatic carbocycles. The summed E-state index contributed by atoms with van der Waals surface area (Å²) >= 11 is 0. The summed E-state index contributed by atoms with van der Waals surface area (Å²) in [4.78, 5) is 42.0. The number of benzene rings is 1. The lowest BCUT2D eigenvalue weighted by molar-refractivity contribution is -0.119. The number of rotatable bonds is 5. The Bertz CT molecular complexity index is 1110. The van der Waals surface area contributed by atoms with Crippen molar-refractivity contribution in [2.75, 3.05) is 60.1 Å². The summed E-state index contributed by atoms with van der Waals surface area (Å²) in [5, 5.41) is 12.3. The van der Waals surface area contributed by atoms with Gasteiger partial charge in [0.1, 0.15) is 11.8 Å². The zero-order valence-corrected chi connectivity index (χ0v) is 18.7. The quantitative estimate of drug-likeness (QED) is 0.383. The van der Waals surface area contributed by atoms with E-state index >= 15 is 8.78 Å². The Morgan fingerprint density at radius 2 is 2.00 bits per heavy atom. The number of hydrogen-bond acceptors (Lipinski definition) is 9. The molecule has 1 atom stereocenters. The van der Waals surface area contributed by atoms with Crippen LogP contribution in [-0.2, 0) is 9.53 Å². The molecule has 4 rings (SSSR count). The molecule has 2 aliphatic heterocycles. The number of anilines is 4. The highest BCUT2D eigenvalue weighted by atomic mass is 19.1. The molecule has 2 fully saturated rings. The van der Waals surface area contributed by atoms with Gasteiger partial charge in [0.15, 0.2) is 11.6 Å². The first-order valence-electron chi connectivity index (χ1n) is 10.7. The van der Waals surface area contributed by atoms with Crippen molar-refractivity contribution in [3.63, 3.8) is 0 Å². The third-order valence-corrected chi connectivity index (χ3v) is 5.33. The minimum absolute atomic E-state index is 0.00111. The molecule has 0 radical (unpaired) electrons. The number of hydrogen-bond donors (Lipinski definition) is 5. The topological polar surface area (TPSA) is 174 Å². The molecule has 4 amide bonds. The Morgan fingerprint density at radius 3 is 2.66 bits per heavy atom. The molecule has 2 saturated heterocycles. The normalized spacial score (nSPS) is 18.3. The van der Waals surface area contributed by atoms with Crippen LogP contribution in [0.4, 0.5) is 41.6 Å². The molecule has 0 spiro atoms. The monoisotopic (exact) mass is 494 g/mol. The van der Waals surface area contributed by atoms with Gasteiger partial charge in [-0.2, -0.15) is 4.98 Å². The summed E-state index contributed by atoms with van der Waals surface area (Å²) in [7, 11) is 0. The fourth-order valence-corrected chi connectivity index (χ4v) is 3.73. The number of halogens is 2. The molecule has 2 aliphatic rings. The average molecular weight is 494 g/mol. The largest absolute Gasteiger partial charge is 0.442 e. The molecule has 3 heterocycles. The predicted molar refractivity (Wildman–Crippen MR) is 119 cm³/mol. The lowest BCUT2D eigenvalue weighted by Gasteiger charge is -2.25. The van der Waals surface area contributed by atoms with Gasteiger partial charge in [-0.15, -0.1) is 5.10 Å². The summed E-state index contributed by atoms with van der Waals surface area (Å²) in [5.74, 6) is -2.00. The predicted octanol–water partition coefficient (Wildman–Crippen LogP) is -0.0149. The van der Waals surface area contributed by atoms with Crippen LogP contribution in [0.1, 0.15) is 6.92 Å². The molecule has 188 valence electrons. The van der Waals surface area contributed by atoms with Gasteiger partial charge in [-0.3, -0.25) is 20.0 Å².